The maximum absolute atomic E-state index is 11.6. The fraction of sp³-hybridized carbons (Fsp3) is 0.333. The smallest absolute Gasteiger partial charge is 0.273 e. The molecule has 114 valence electrons. The maximum atomic E-state index is 11.6. The Bertz CT molecular complexity index is 758. The van der Waals surface area contributed by atoms with Crippen molar-refractivity contribution in [2.45, 2.75) is 18.6 Å². The van der Waals surface area contributed by atoms with Gasteiger partial charge >= 0.3 is 0 Å². The normalized spacial score (nSPS) is 11.8. The van der Waals surface area contributed by atoms with Crippen molar-refractivity contribution >= 4 is 26.0 Å². The molecule has 9 heteroatoms. The van der Waals surface area contributed by atoms with Gasteiger partial charge in [-0.15, -0.1) is 10.2 Å². The standard InChI is InChI=1S/C12H15BrN4O3S/c1-8-4-3-5-9(10(8)13)11-15-16-12(21(14,18)19)17(11)6-7-20-2/h3-5H,6-7H2,1-2H3,(H2,14,18,19). The predicted molar refractivity (Wildman–Crippen MR) is 81.1 cm³/mol. The number of nitrogens with two attached hydrogens (primary N) is 1. The Morgan fingerprint density at radius 2 is 2.10 bits per heavy atom. The van der Waals surface area contributed by atoms with Gasteiger partial charge in [-0.05, 0) is 28.4 Å². The third-order valence-electron chi connectivity index (χ3n) is 2.92. The topological polar surface area (TPSA) is 100 Å². The molecule has 1 aromatic carbocycles. The first kappa shape index (κ1) is 16.1. The van der Waals surface area contributed by atoms with Gasteiger partial charge in [0.2, 0.25) is 0 Å². The summed E-state index contributed by atoms with van der Waals surface area (Å²) in [5.74, 6) is 0.423. The molecule has 0 atom stereocenters. The van der Waals surface area contributed by atoms with E-state index in [0.29, 0.717) is 12.4 Å². The fourth-order valence-electron chi connectivity index (χ4n) is 1.90. The van der Waals surface area contributed by atoms with Gasteiger partial charge in [0, 0.05) is 17.1 Å². The van der Waals surface area contributed by atoms with E-state index in [0.717, 1.165) is 15.6 Å². The molecule has 0 aliphatic carbocycles. The molecule has 0 amide bonds. The highest BCUT2D eigenvalue weighted by Crippen LogP contribution is 2.30. The molecule has 21 heavy (non-hydrogen) atoms. The molecule has 1 heterocycles. The summed E-state index contributed by atoms with van der Waals surface area (Å²) in [6.07, 6.45) is 0. The highest BCUT2D eigenvalue weighted by Gasteiger charge is 2.23. The molecule has 0 saturated heterocycles. The number of benzene rings is 1. The van der Waals surface area contributed by atoms with E-state index in [-0.39, 0.29) is 11.7 Å². The van der Waals surface area contributed by atoms with Crippen molar-refractivity contribution in [2.75, 3.05) is 13.7 Å². The lowest BCUT2D eigenvalue weighted by atomic mass is 10.1. The van der Waals surface area contributed by atoms with Gasteiger partial charge in [-0.25, -0.2) is 13.6 Å². The molecular weight excluding hydrogens is 360 g/mol. The zero-order chi connectivity index (χ0) is 15.6. The van der Waals surface area contributed by atoms with Gasteiger partial charge < -0.3 is 4.74 Å². The molecule has 2 aromatic rings. The van der Waals surface area contributed by atoms with Crippen LogP contribution in [0.25, 0.3) is 11.4 Å². The summed E-state index contributed by atoms with van der Waals surface area (Å²) in [6, 6.07) is 5.63. The van der Waals surface area contributed by atoms with E-state index < -0.39 is 10.0 Å². The minimum Gasteiger partial charge on any atom is -0.383 e. The Kier molecular flexibility index (Phi) is 4.77. The Labute approximate surface area is 131 Å². The van der Waals surface area contributed by atoms with Crippen molar-refractivity contribution in [3.05, 3.63) is 28.2 Å². The van der Waals surface area contributed by atoms with Crippen LogP contribution in [0.4, 0.5) is 0 Å². The van der Waals surface area contributed by atoms with Crippen LogP contribution in [0.5, 0.6) is 0 Å². The predicted octanol–water partition coefficient (Wildman–Crippen LogP) is 1.31. The number of methoxy groups -OCH3 is 1. The lowest BCUT2D eigenvalue weighted by Crippen LogP contribution is -2.20. The average Bonchev–Trinajstić information content (AvgIpc) is 2.83. The van der Waals surface area contributed by atoms with E-state index in [2.05, 4.69) is 26.1 Å². The third kappa shape index (κ3) is 3.31. The highest BCUT2D eigenvalue weighted by atomic mass is 79.9. The van der Waals surface area contributed by atoms with Crippen LogP contribution in [0.15, 0.2) is 27.8 Å². The Balaban J connectivity index is 2.64. The second-order valence-electron chi connectivity index (χ2n) is 4.43. The number of halogens is 1. The van der Waals surface area contributed by atoms with Gasteiger partial charge in [-0.3, -0.25) is 4.57 Å². The maximum Gasteiger partial charge on any atom is 0.273 e. The first-order valence-corrected chi connectivity index (χ1v) is 8.40. The van der Waals surface area contributed by atoms with Crippen molar-refractivity contribution < 1.29 is 13.2 Å². The van der Waals surface area contributed by atoms with Gasteiger partial charge in [-0.2, -0.15) is 0 Å². The van der Waals surface area contributed by atoms with E-state index in [4.69, 9.17) is 9.88 Å². The van der Waals surface area contributed by atoms with Crippen LogP contribution in [-0.4, -0.2) is 36.9 Å². The van der Waals surface area contributed by atoms with Crippen LogP contribution >= 0.6 is 15.9 Å². The summed E-state index contributed by atoms with van der Waals surface area (Å²) in [5, 5.41) is 12.6. The van der Waals surface area contributed by atoms with E-state index in [1.54, 1.807) is 0 Å². The molecule has 2 rings (SSSR count). The quantitative estimate of drug-likeness (QED) is 0.849. The summed E-state index contributed by atoms with van der Waals surface area (Å²) >= 11 is 3.49. The minimum atomic E-state index is -3.96. The zero-order valence-electron chi connectivity index (χ0n) is 11.6. The van der Waals surface area contributed by atoms with Crippen LogP contribution in [0, 0.1) is 6.92 Å². The summed E-state index contributed by atoms with van der Waals surface area (Å²) in [5.41, 5.74) is 1.75. The molecule has 2 N–H and O–H groups in total. The molecule has 0 bridgehead atoms. The number of aryl methyl sites for hydroxylation is 1. The number of hydrogen-bond acceptors (Lipinski definition) is 5. The van der Waals surface area contributed by atoms with Crippen LogP contribution in [0.3, 0.4) is 0 Å². The molecule has 0 aliphatic rings. The lowest BCUT2D eigenvalue weighted by Gasteiger charge is -2.10. The zero-order valence-corrected chi connectivity index (χ0v) is 14.0. The number of nitrogens with zero attached hydrogens (tertiary/aromatic N) is 3. The van der Waals surface area contributed by atoms with Crippen LogP contribution in [0.2, 0.25) is 0 Å². The summed E-state index contributed by atoms with van der Waals surface area (Å²) < 4.78 is 30.5. The SMILES string of the molecule is COCCn1c(-c2cccc(C)c2Br)nnc1S(N)(=O)=O. The van der Waals surface area contributed by atoms with Crippen molar-refractivity contribution in [1.29, 1.82) is 0 Å². The number of sulfonamides is 1. The van der Waals surface area contributed by atoms with Gasteiger partial charge in [0.25, 0.3) is 15.2 Å². The molecule has 1 aromatic heterocycles. The molecule has 0 aliphatic heterocycles. The third-order valence-corrected chi connectivity index (χ3v) is 4.79. The molecule has 0 saturated carbocycles. The van der Waals surface area contributed by atoms with Gasteiger partial charge in [0.1, 0.15) is 0 Å². The van der Waals surface area contributed by atoms with E-state index >= 15 is 0 Å². The summed E-state index contributed by atoms with van der Waals surface area (Å²) in [4.78, 5) is 0. The highest BCUT2D eigenvalue weighted by molar-refractivity contribution is 9.10. The molecule has 0 spiro atoms. The van der Waals surface area contributed by atoms with Gasteiger partial charge in [-0.1, -0.05) is 18.2 Å². The largest absolute Gasteiger partial charge is 0.383 e. The number of ether oxygens (including phenoxy) is 1. The van der Waals surface area contributed by atoms with E-state index in [1.807, 2.05) is 25.1 Å². The van der Waals surface area contributed by atoms with Crippen molar-refractivity contribution in [1.82, 2.24) is 14.8 Å². The monoisotopic (exact) mass is 374 g/mol. The van der Waals surface area contributed by atoms with Crippen LogP contribution < -0.4 is 5.14 Å². The Morgan fingerprint density at radius 1 is 1.38 bits per heavy atom. The lowest BCUT2D eigenvalue weighted by molar-refractivity contribution is 0.185. The number of hydrogen-bond donors (Lipinski definition) is 1. The fourth-order valence-corrected chi connectivity index (χ4v) is 2.98. The van der Waals surface area contributed by atoms with Crippen molar-refractivity contribution in [3.63, 3.8) is 0 Å². The molecule has 0 unspecified atom stereocenters. The van der Waals surface area contributed by atoms with Crippen molar-refractivity contribution in [2.24, 2.45) is 5.14 Å². The Hall–Kier alpha value is -1.29. The first-order valence-electron chi connectivity index (χ1n) is 6.06. The van der Waals surface area contributed by atoms with Crippen LogP contribution in [-0.2, 0) is 21.3 Å². The molecule has 7 nitrogen and oxygen atoms in total. The first-order chi connectivity index (χ1) is 9.86. The van der Waals surface area contributed by atoms with E-state index in [1.165, 1.54) is 11.7 Å². The second kappa shape index (κ2) is 6.22. The summed E-state index contributed by atoms with van der Waals surface area (Å²) in [6.45, 7) is 2.53. The number of aromatic nitrogens is 3. The molecular formula is C12H15BrN4O3S. The van der Waals surface area contributed by atoms with Gasteiger partial charge in [0.05, 0.1) is 13.2 Å². The second-order valence-corrected chi connectivity index (χ2v) is 6.68. The average molecular weight is 375 g/mol. The van der Waals surface area contributed by atoms with E-state index in [9.17, 15) is 8.42 Å². The van der Waals surface area contributed by atoms with Crippen LogP contribution in [0.1, 0.15) is 5.56 Å². The Morgan fingerprint density at radius 3 is 2.71 bits per heavy atom. The number of primary sulfonamides is 1. The van der Waals surface area contributed by atoms with Gasteiger partial charge in [0.15, 0.2) is 5.82 Å². The molecule has 0 radical (unpaired) electrons. The molecule has 0 fully saturated rings. The minimum absolute atomic E-state index is 0.275. The van der Waals surface area contributed by atoms with Crippen molar-refractivity contribution in [3.8, 4) is 11.4 Å². The summed E-state index contributed by atoms with van der Waals surface area (Å²) in [7, 11) is -2.42. The number of rotatable bonds is 5.